The zero-order valence-corrected chi connectivity index (χ0v) is 12.6. The third-order valence-corrected chi connectivity index (χ3v) is 5.26. The summed E-state index contributed by atoms with van der Waals surface area (Å²) in [5.74, 6) is 3.37. The van der Waals surface area contributed by atoms with Crippen molar-refractivity contribution in [1.82, 2.24) is 4.98 Å². The van der Waals surface area contributed by atoms with Crippen LogP contribution >= 0.6 is 0 Å². The molecule has 20 heavy (non-hydrogen) atoms. The van der Waals surface area contributed by atoms with E-state index in [9.17, 15) is 5.26 Å². The zero-order valence-electron chi connectivity index (χ0n) is 12.6. The highest BCUT2D eigenvalue weighted by atomic mass is 15.0. The van der Waals surface area contributed by atoms with Crippen LogP contribution in [0.4, 0.5) is 5.82 Å². The Hall–Kier alpha value is -1.56. The lowest BCUT2D eigenvalue weighted by Crippen LogP contribution is -2.30. The Balaban J connectivity index is 1.79. The highest BCUT2D eigenvalue weighted by Gasteiger charge is 2.41. The van der Waals surface area contributed by atoms with Crippen LogP contribution in [0.5, 0.6) is 0 Å². The molecule has 0 amide bonds. The van der Waals surface area contributed by atoms with Gasteiger partial charge in [-0.25, -0.2) is 4.98 Å². The smallest absolute Gasteiger partial charge is 0.144 e. The molecule has 0 radical (unpaired) electrons. The number of nitrogens with one attached hydrogen (secondary N) is 1. The molecule has 3 rings (SSSR count). The predicted molar refractivity (Wildman–Crippen MR) is 80.4 cm³/mol. The third-order valence-electron chi connectivity index (χ3n) is 5.26. The summed E-state index contributed by atoms with van der Waals surface area (Å²) in [7, 11) is 0. The molecule has 1 heterocycles. The molecule has 2 aliphatic rings. The second kappa shape index (κ2) is 5.09. The largest absolute Gasteiger partial charge is 0.366 e. The second-order valence-electron chi connectivity index (χ2n) is 6.69. The summed E-state index contributed by atoms with van der Waals surface area (Å²) in [5.41, 5.74) is 2.69. The van der Waals surface area contributed by atoms with E-state index in [2.05, 4.69) is 23.3 Å². The van der Waals surface area contributed by atoms with E-state index in [1.54, 1.807) is 0 Å². The molecule has 0 saturated heterocycles. The van der Waals surface area contributed by atoms with Gasteiger partial charge in [0, 0.05) is 11.7 Å². The minimum atomic E-state index is 0.408. The normalized spacial score (nSPS) is 29.2. The van der Waals surface area contributed by atoms with Crippen molar-refractivity contribution in [3.63, 3.8) is 0 Å². The van der Waals surface area contributed by atoms with E-state index in [0.717, 1.165) is 34.8 Å². The lowest BCUT2D eigenvalue weighted by molar-refractivity contribution is 0.304. The van der Waals surface area contributed by atoms with Gasteiger partial charge in [0.2, 0.25) is 0 Å². The van der Waals surface area contributed by atoms with E-state index in [1.165, 1.54) is 25.7 Å². The van der Waals surface area contributed by atoms with Crippen molar-refractivity contribution in [2.75, 3.05) is 5.32 Å². The van der Waals surface area contributed by atoms with Gasteiger partial charge < -0.3 is 5.32 Å². The van der Waals surface area contributed by atoms with Crippen molar-refractivity contribution in [3.8, 4) is 6.07 Å². The first-order valence-electron chi connectivity index (χ1n) is 7.73. The van der Waals surface area contributed by atoms with Gasteiger partial charge in [-0.05, 0) is 69.4 Å². The SMILES string of the molecule is Cc1cc(C)c(C#N)c(NC(C)C2CC3CCC2C3)n1. The Morgan fingerprint density at radius 3 is 2.75 bits per heavy atom. The van der Waals surface area contributed by atoms with Gasteiger partial charge in [0.05, 0.1) is 5.56 Å². The van der Waals surface area contributed by atoms with E-state index < -0.39 is 0 Å². The van der Waals surface area contributed by atoms with Gasteiger partial charge in [-0.15, -0.1) is 0 Å². The van der Waals surface area contributed by atoms with Crippen molar-refractivity contribution in [2.45, 2.75) is 52.5 Å². The molecule has 1 aromatic rings. The standard InChI is InChI=1S/C17H23N3/c1-10-6-11(2)19-17(16(10)9-18)20-12(3)15-8-13-4-5-14(15)7-13/h6,12-15H,4-5,7-8H2,1-3H3,(H,19,20). The first-order valence-corrected chi connectivity index (χ1v) is 7.73. The Kier molecular flexibility index (Phi) is 3.41. The number of anilines is 1. The van der Waals surface area contributed by atoms with E-state index >= 15 is 0 Å². The summed E-state index contributed by atoms with van der Waals surface area (Å²) in [5, 5.41) is 12.9. The molecule has 2 fully saturated rings. The van der Waals surface area contributed by atoms with Gasteiger partial charge in [-0.2, -0.15) is 5.26 Å². The maximum atomic E-state index is 9.34. The highest BCUT2D eigenvalue weighted by Crippen LogP contribution is 2.49. The van der Waals surface area contributed by atoms with Gasteiger partial charge in [-0.1, -0.05) is 6.42 Å². The van der Waals surface area contributed by atoms with Crippen LogP contribution in [0, 0.1) is 42.9 Å². The summed E-state index contributed by atoms with van der Waals surface area (Å²) in [6, 6.07) is 4.68. The van der Waals surface area contributed by atoms with Crippen molar-refractivity contribution in [1.29, 1.82) is 5.26 Å². The molecular formula is C17H23N3. The number of nitriles is 1. The minimum Gasteiger partial charge on any atom is -0.366 e. The number of rotatable bonds is 3. The first-order chi connectivity index (χ1) is 9.58. The predicted octanol–water partition coefficient (Wildman–Crippen LogP) is 3.81. The summed E-state index contributed by atoms with van der Waals surface area (Å²) in [6.07, 6.45) is 5.60. The second-order valence-corrected chi connectivity index (χ2v) is 6.69. The number of aryl methyl sites for hydroxylation is 2. The quantitative estimate of drug-likeness (QED) is 0.907. The maximum Gasteiger partial charge on any atom is 0.144 e. The van der Waals surface area contributed by atoms with Crippen molar-refractivity contribution in [2.24, 2.45) is 17.8 Å². The molecule has 0 aliphatic heterocycles. The molecule has 4 atom stereocenters. The Labute approximate surface area is 121 Å². The van der Waals surface area contributed by atoms with E-state index in [1.807, 2.05) is 19.9 Å². The maximum absolute atomic E-state index is 9.34. The third kappa shape index (κ3) is 2.28. The van der Waals surface area contributed by atoms with Crippen molar-refractivity contribution < 1.29 is 0 Å². The Bertz CT molecular complexity index is 558. The van der Waals surface area contributed by atoms with Crippen LogP contribution in [-0.2, 0) is 0 Å². The topological polar surface area (TPSA) is 48.7 Å². The Morgan fingerprint density at radius 1 is 1.35 bits per heavy atom. The van der Waals surface area contributed by atoms with E-state index in [4.69, 9.17) is 0 Å². The summed E-state index contributed by atoms with van der Waals surface area (Å²) < 4.78 is 0. The summed E-state index contributed by atoms with van der Waals surface area (Å²) in [4.78, 5) is 4.54. The van der Waals surface area contributed by atoms with Gasteiger partial charge in [-0.3, -0.25) is 0 Å². The van der Waals surface area contributed by atoms with Crippen LogP contribution in [0.25, 0.3) is 0 Å². The number of hydrogen-bond acceptors (Lipinski definition) is 3. The molecule has 0 spiro atoms. The number of fused-ring (bicyclic) bond motifs is 2. The molecule has 2 aliphatic carbocycles. The van der Waals surface area contributed by atoms with Crippen LogP contribution < -0.4 is 5.32 Å². The Morgan fingerprint density at radius 2 is 2.15 bits per heavy atom. The molecular weight excluding hydrogens is 246 g/mol. The average molecular weight is 269 g/mol. The average Bonchev–Trinajstić information content (AvgIpc) is 3.00. The van der Waals surface area contributed by atoms with E-state index in [0.29, 0.717) is 11.6 Å². The van der Waals surface area contributed by atoms with Crippen molar-refractivity contribution >= 4 is 5.82 Å². The molecule has 0 aromatic carbocycles. The number of nitrogens with zero attached hydrogens (tertiary/aromatic N) is 2. The van der Waals surface area contributed by atoms with Crippen molar-refractivity contribution in [3.05, 3.63) is 22.9 Å². The first kappa shape index (κ1) is 13.4. The number of hydrogen-bond donors (Lipinski definition) is 1. The van der Waals surface area contributed by atoms with Crippen LogP contribution in [0.1, 0.15) is 49.4 Å². The van der Waals surface area contributed by atoms with Gasteiger partial charge in [0.15, 0.2) is 0 Å². The monoisotopic (exact) mass is 269 g/mol. The molecule has 1 N–H and O–H groups in total. The zero-order chi connectivity index (χ0) is 14.3. The molecule has 106 valence electrons. The van der Waals surface area contributed by atoms with Gasteiger partial charge >= 0.3 is 0 Å². The fourth-order valence-corrected chi connectivity index (χ4v) is 4.31. The van der Waals surface area contributed by atoms with Crippen LogP contribution in [0.2, 0.25) is 0 Å². The molecule has 2 saturated carbocycles. The molecule has 3 nitrogen and oxygen atoms in total. The molecule has 1 aromatic heterocycles. The summed E-state index contributed by atoms with van der Waals surface area (Å²) >= 11 is 0. The number of aromatic nitrogens is 1. The number of pyridine rings is 1. The van der Waals surface area contributed by atoms with Gasteiger partial charge in [0.25, 0.3) is 0 Å². The fraction of sp³-hybridized carbons (Fsp3) is 0.647. The summed E-state index contributed by atoms with van der Waals surface area (Å²) in [6.45, 7) is 6.23. The van der Waals surface area contributed by atoms with Crippen LogP contribution in [0.15, 0.2) is 6.07 Å². The fourth-order valence-electron chi connectivity index (χ4n) is 4.31. The van der Waals surface area contributed by atoms with Gasteiger partial charge in [0.1, 0.15) is 11.9 Å². The molecule has 2 bridgehead atoms. The molecule has 4 unspecified atom stereocenters. The van der Waals surface area contributed by atoms with Crippen LogP contribution in [0.3, 0.4) is 0 Å². The lowest BCUT2D eigenvalue weighted by atomic mass is 9.84. The minimum absolute atomic E-state index is 0.408. The highest BCUT2D eigenvalue weighted by molar-refractivity contribution is 5.56. The lowest BCUT2D eigenvalue weighted by Gasteiger charge is -2.29. The van der Waals surface area contributed by atoms with E-state index in [-0.39, 0.29) is 0 Å². The molecule has 3 heteroatoms. The van der Waals surface area contributed by atoms with Crippen LogP contribution in [-0.4, -0.2) is 11.0 Å².